The molecule has 1 aromatic carbocycles. The third kappa shape index (κ3) is 4.87. The topological polar surface area (TPSA) is 18.5 Å². The summed E-state index contributed by atoms with van der Waals surface area (Å²) in [5.74, 6) is 1.11. The van der Waals surface area contributed by atoms with Crippen molar-refractivity contribution in [2.45, 2.75) is 64.7 Å². The van der Waals surface area contributed by atoms with Crippen LogP contribution < -0.4 is 9.47 Å². The van der Waals surface area contributed by atoms with Crippen molar-refractivity contribution in [2.75, 3.05) is 13.2 Å². The molecule has 2 nitrogen and oxygen atoms in total. The first kappa shape index (κ1) is 19.7. The Morgan fingerprint density at radius 1 is 0.857 bits per heavy atom. The third-order valence-electron chi connectivity index (χ3n) is 6.87. The monoisotopic (exact) mass is 390 g/mol. The van der Waals surface area contributed by atoms with Gasteiger partial charge in [0, 0.05) is 0 Å². The minimum Gasteiger partial charge on any atom is -0.490 e. The maximum absolute atomic E-state index is 14.3. The molecule has 0 N–H and O–H groups in total. The van der Waals surface area contributed by atoms with Crippen LogP contribution >= 0.6 is 0 Å². The van der Waals surface area contributed by atoms with Crippen LogP contribution in [-0.2, 0) is 0 Å². The van der Waals surface area contributed by atoms with Gasteiger partial charge in [0.2, 0.25) is 11.6 Å². The zero-order valence-electron chi connectivity index (χ0n) is 16.9. The van der Waals surface area contributed by atoms with E-state index in [4.69, 9.17) is 9.47 Å². The zero-order valence-corrected chi connectivity index (χ0v) is 16.9. The van der Waals surface area contributed by atoms with Gasteiger partial charge in [-0.15, -0.1) is 0 Å². The number of hydrogen-bond acceptors (Lipinski definition) is 2. The van der Waals surface area contributed by atoms with Crippen molar-refractivity contribution in [3.05, 3.63) is 35.4 Å². The smallest absolute Gasteiger partial charge is 0.204 e. The number of benzene rings is 1. The molecule has 2 fully saturated rings. The molecule has 0 radical (unpaired) electrons. The Morgan fingerprint density at radius 3 is 2.14 bits per heavy atom. The molecule has 154 valence electrons. The summed E-state index contributed by atoms with van der Waals surface area (Å²) in [6, 6.07) is 2.96. The first-order chi connectivity index (χ1) is 13.6. The maximum Gasteiger partial charge on any atom is 0.204 e. The standard InChI is InChI=1S/C24H32F2O2/c1-16-2-8-19(9-3-16)20-10-6-18(7-11-20)15-28-22-13-12-21(23(25)24(22)26)27-14-17-4-5-17/h6,12-13,16-17,19-20H,2-5,7-11,14-15H2,1H3. The van der Waals surface area contributed by atoms with Gasteiger partial charge in [-0.2, -0.15) is 8.78 Å². The summed E-state index contributed by atoms with van der Waals surface area (Å²) in [7, 11) is 0. The molecule has 0 amide bonds. The van der Waals surface area contributed by atoms with Gasteiger partial charge in [-0.05, 0) is 86.3 Å². The molecule has 1 unspecified atom stereocenters. The van der Waals surface area contributed by atoms with E-state index in [2.05, 4.69) is 13.0 Å². The molecule has 0 aromatic heterocycles. The van der Waals surface area contributed by atoms with E-state index >= 15 is 0 Å². The van der Waals surface area contributed by atoms with Crippen LogP contribution in [0, 0.1) is 35.3 Å². The maximum atomic E-state index is 14.3. The molecule has 4 heteroatoms. The number of allylic oxidation sites excluding steroid dienone is 1. The second-order valence-electron chi connectivity index (χ2n) is 9.15. The van der Waals surface area contributed by atoms with Crippen LogP contribution in [-0.4, -0.2) is 13.2 Å². The van der Waals surface area contributed by atoms with Crippen LogP contribution in [0.15, 0.2) is 23.8 Å². The molecule has 3 aliphatic rings. The highest BCUT2D eigenvalue weighted by atomic mass is 19.2. The van der Waals surface area contributed by atoms with Crippen molar-refractivity contribution in [1.82, 2.24) is 0 Å². The summed E-state index contributed by atoms with van der Waals surface area (Å²) in [5.41, 5.74) is 1.20. The van der Waals surface area contributed by atoms with Crippen molar-refractivity contribution >= 4 is 0 Å². The van der Waals surface area contributed by atoms with E-state index in [0.717, 1.165) is 43.4 Å². The quantitative estimate of drug-likeness (QED) is 0.483. The van der Waals surface area contributed by atoms with Crippen molar-refractivity contribution in [3.63, 3.8) is 0 Å². The molecule has 1 aromatic rings. The van der Waals surface area contributed by atoms with Gasteiger partial charge in [-0.3, -0.25) is 0 Å². The van der Waals surface area contributed by atoms with Gasteiger partial charge in [-0.1, -0.05) is 25.8 Å². The normalized spacial score (nSPS) is 28.0. The first-order valence-electron chi connectivity index (χ1n) is 11.0. The fourth-order valence-corrected chi connectivity index (χ4v) is 4.62. The van der Waals surface area contributed by atoms with Gasteiger partial charge in [0.05, 0.1) is 6.61 Å². The van der Waals surface area contributed by atoms with Crippen LogP contribution in [0.3, 0.4) is 0 Å². The average molecular weight is 391 g/mol. The summed E-state index contributed by atoms with van der Waals surface area (Å²) < 4.78 is 39.5. The number of halogens is 2. The Balaban J connectivity index is 1.28. The molecule has 0 aliphatic heterocycles. The molecular formula is C24H32F2O2. The molecule has 4 rings (SSSR count). The Morgan fingerprint density at radius 2 is 1.54 bits per heavy atom. The van der Waals surface area contributed by atoms with Crippen molar-refractivity contribution in [2.24, 2.45) is 23.7 Å². The van der Waals surface area contributed by atoms with E-state index in [-0.39, 0.29) is 11.5 Å². The highest BCUT2D eigenvalue weighted by molar-refractivity contribution is 5.35. The molecule has 2 saturated carbocycles. The van der Waals surface area contributed by atoms with Gasteiger partial charge in [0.15, 0.2) is 11.5 Å². The summed E-state index contributed by atoms with van der Waals surface area (Å²) >= 11 is 0. The van der Waals surface area contributed by atoms with Gasteiger partial charge in [-0.25, -0.2) is 0 Å². The van der Waals surface area contributed by atoms with Crippen LogP contribution in [0.1, 0.15) is 64.7 Å². The van der Waals surface area contributed by atoms with Gasteiger partial charge in [0.1, 0.15) is 6.61 Å². The van der Waals surface area contributed by atoms with E-state index < -0.39 is 11.6 Å². The predicted octanol–water partition coefficient (Wildman–Crippen LogP) is 6.69. The zero-order chi connectivity index (χ0) is 19.5. The fourth-order valence-electron chi connectivity index (χ4n) is 4.62. The minimum atomic E-state index is -0.945. The van der Waals surface area contributed by atoms with Crippen molar-refractivity contribution in [3.8, 4) is 11.5 Å². The lowest BCUT2D eigenvalue weighted by Crippen LogP contribution is -2.23. The summed E-state index contributed by atoms with van der Waals surface area (Å²) in [6.07, 6.45) is 13.3. The molecule has 0 heterocycles. The molecule has 28 heavy (non-hydrogen) atoms. The Labute approximate surface area is 167 Å². The van der Waals surface area contributed by atoms with Crippen LogP contribution in [0.5, 0.6) is 11.5 Å². The summed E-state index contributed by atoms with van der Waals surface area (Å²) in [6.45, 7) is 3.16. The Bertz CT molecular complexity index is 703. The number of ether oxygens (including phenoxy) is 2. The van der Waals surface area contributed by atoms with Gasteiger partial charge >= 0.3 is 0 Å². The first-order valence-corrected chi connectivity index (χ1v) is 11.0. The predicted molar refractivity (Wildman–Crippen MR) is 107 cm³/mol. The lowest BCUT2D eigenvalue weighted by molar-refractivity contribution is 0.197. The second kappa shape index (κ2) is 8.84. The summed E-state index contributed by atoms with van der Waals surface area (Å²) in [5, 5.41) is 0. The van der Waals surface area contributed by atoms with Gasteiger partial charge < -0.3 is 9.47 Å². The Kier molecular flexibility index (Phi) is 6.22. The van der Waals surface area contributed by atoms with E-state index in [9.17, 15) is 8.78 Å². The molecular weight excluding hydrogens is 358 g/mol. The molecule has 3 aliphatic carbocycles. The van der Waals surface area contributed by atoms with E-state index in [0.29, 0.717) is 19.1 Å². The average Bonchev–Trinajstić information content (AvgIpc) is 3.54. The highest BCUT2D eigenvalue weighted by Crippen LogP contribution is 2.39. The third-order valence-corrected chi connectivity index (χ3v) is 6.87. The summed E-state index contributed by atoms with van der Waals surface area (Å²) in [4.78, 5) is 0. The van der Waals surface area contributed by atoms with Gasteiger partial charge in [0.25, 0.3) is 0 Å². The number of rotatable bonds is 7. The van der Waals surface area contributed by atoms with Crippen LogP contribution in [0.4, 0.5) is 8.78 Å². The van der Waals surface area contributed by atoms with Crippen molar-refractivity contribution in [1.29, 1.82) is 0 Å². The van der Waals surface area contributed by atoms with Crippen LogP contribution in [0.25, 0.3) is 0 Å². The fraction of sp³-hybridized carbons (Fsp3) is 0.667. The molecule has 1 atom stereocenters. The lowest BCUT2D eigenvalue weighted by atomic mass is 9.72. The van der Waals surface area contributed by atoms with E-state index in [1.54, 1.807) is 0 Å². The van der Waals surface area contributed by atoms with E-state index in [1.165, 1.54) is 49.8 Å². The van der Waals surface area contributed by atoms with Crippen LogP contribution in [0.2, 0.25) is 0 Å². The largest absolute Gasteiger partial charge is 0.490 e. The second-order valence-corrected chi connectivity index (χ2v) is 9.15. The molecule has 0 bridgehead atoms. The molecule has 0 saturated heterocycles. The molecule has 0 spiro atoms. The SMILES string of the molecule is CC1CCC(C2CC=C(COc3ccc(OCC4CC4)c(F)c3F)CC2)CC1. The Hall–Kier alpha value is -1.58. The van der Waals surface area contributed by atoms with Crippen molar-refractivity contribution < 1.29 is 18.3 Å². The lowest BCUT2D eigenvalue weighted by Gasteiger charge is -2.34. The minimum absolute atomic E-state index is 0.0155. The number of hydrogen-bond donors (Lipinski definition) is 0. The van der Waals surface area contributed by atoms with E-state index in [1.807, 2.05) is 0 Å². The highest BCUT2D eigenvalue weighted by Gasteiger charge is 2.27.